The summed E-state index contributed by atoms with van der Waals surface area (Å²) in [5.74, 6) is -6.23. The van der Waals surface area contributed by atoms with Crippen LogP contribution in [0.2, 0.25) is 0 Å². The van der Waals surface area contributed by atoms with Gasteiger partial charge in [-0.15, -0.1) is 0 Å². The topological polar surface area (TPSA) is 259 Å². The van der Waals surface area contributed by atoms with E-state index < -0.39 is 119 Å². The number of aliphatic hydroxyl groups is 3. The molecule has 8 rings (SSSR count). The van der Waals surface area contributed by atoms with E-state index in [-0.39, 0.29) is 35.3 Å². The number of unbranched alkanes of at least 4 members (excludes halogenated alkanes) is 1. The number of aliphatic hydroxyl groups excluding tert-OH is 2. The zero-order valence-corrected chi connectivity index (χ0v) is 43.9. The molecule has 2 heterocycles. The number of amides is 1. The fraction of sp³-hybridized carbons (Fsp3) is 0.509. The number of ether oxygens (including phenoxy) is 5. The molecule has 2 aliphatic heterocycles. The zero-order valence-electron chi connectivity index (χ0n) is 42.2. The van der Waals surface area contributed by atoms with Gasteiger partial charge in [-0.1, -0.05) is 109 Å². The minimum atomic E-state index is -2.39. The Morgan fingerprint density at radius 2 is 1.47 bits per heavy atom. The molecule has 0 unspecified atom stereocenters. The van der Waals surface area contributed by atoms with Gasteiger partial charge in [-0.25, -0.2) is 9.59 Å². The molecule has 17 nitrogen and oxygen atoms in total. The number of benzene rings is 3. The number of esters is 4. The van der Waals surface area contributed by atoms with Crippen molar-refractivity contribution in [1.82, 2.24) is 5.32 Å². The second-order valence-corrected chi connectivity index (χ2v) is 23.1. The Balaban J connectivity index is 0.000000586. The molecule has 2 saturated heterocycles. The molecular formula is C55H65NO16S2. The van der Waals surface area contributed by atoms with E-state index in [1.165, 1.54) is 44.6 Å². The Labute approximate surface area is 437 Å². The van der Waals surface area contributed by atoms with Crippen molar-refractivity contribution in [1.29, 1.82) is 0 Å². The Kier molecular flexibility index (Phi) is 17.6. The van der Waals surface area contributed by atoms with Crippen molar-refractivity contribution in [2.75, 3.05) is 12.4 Å². The molecule has 3 aromatic rings. The van der Waals surface area contributed by atoms with Crippen LogP contribution in [-0.4, -0.2) is 127 Å². The maximum atomic E-state index is 15.5. The van der Waals surface area contributed by atoms with Crippen LogP contribution in [0, 0.1) is 16.7 Å². The molecule has 4 fully saturated rings. The number of hydrogen-bond acceptors (Lipinski definition) is 17. The third-order valence-corrected chi connectivity index (χ3v) is 18.4. The number of nitrogens with one attached hydrogen (secondary N) is 1. The third kappa shape index (κ3) is 11.2. The van der Waals surface area contributed by atoms with E-state index in [1.807, 2.05) is 21.6 Å². The minimum Gasteiger partial charge on any atom is -0.481 e. The van der Waals surface area contributed by atoms with E-state index in [4.69, 9.17) is 28.8 Å². The van der Waals surface area contributed by atoms with Gasteiger partial charge in [-0.2, -0.15) is 0 Å². The first-order valence-corrected chi connectivity index (χ1v) is 27.1. The number of carboxylic acid groups (broad SMARTS) is 1. The number of Topliss-reactive ketones (excluding diaryl/α,β-unsaturated/α-hetero) is 1. The summed E-state index contributed by atoms with van der Waals surface area (Å²) in [6.07, 6.45) is -5.75. The van der Waals surface area contributed by atoms with Gasteiger partial charge in [0.05, 0.1) is 35.6 Å². The predicted molar refractivity (Wildman–Crippen MR) is 272 cm³/mol. The maximum absolute atomic E-state index is 15.5. The first kappa shape index (κ1) is 56.2. The van der Waals surface area contributed by atoms with Gasteiger partial charge in [-0.3, -0.25) is 24.0 Å². The highest BCUT2D eigenvalue weighted by atomic mass is 33.1. The Hall–Kier alpha value is -5.57. The molecule has 12 atom stereocenters. The number of rotatable bonds is 15. The molecule has 5 N–H and O–H groups in total. The van der Waals surface area contributed by atoms with Crippen LogP contribution in [0.4, 0.5) is 0 Å². The number of fused-ring (bicyclic) bond motifs is 5. The summed E-state index contributed by atoms with van der Waals surface area (Å²) in [4.78, 5) is 93.6. The summed E-state index contributed by atoms with van der Waals surface area (Å²) in [5, 5.41) is 49.4. The highest BCUT2D eigenvalue weighted by molar-refractivity contribution is 8.77. The molecule has 5 aliphatic rings. The quantitative estimate of drug-likeness (QED) is 0.0357. The minimum absolute atomic E-state index is 0.00289. The Bertz CT molecular complexity index is 2590. The fourth-order valence-electron chi connectivity index (χ4n) is 11.4. The van der Waals surface area contributed by atoms with Crippen molar-refractivity contribution in [3.63, 3.8) is 0 Å². The number of aliphatic carboxylic acids is 1. The van der Waals surface area contributed by atoms with Gasteiger partial charge < -0.3 is 49.4 Å². The lowest BCUT2D eigenvalue weighted by Gasteiger charge is -2.67. The van der Waals surface area contributed by atoms with Gasteiger partial charge in [0.15, 0.2) is 23.6 Å². The molecule has 0 radical (unpaired) electrons. The van der Waals surface area contributed by atoms with Gasteiger partial charge in [-0.05, 0) is 74.1 Å². The first-order chi connectivity index (χ1) is 35.1. The van der Waals surface area contributed by atoms with Crippen LogP contribution in [0.5, 0.6) is 0 Å². The SMILES string of the molecule is CC(=O)O[C@H]1C(=O)[C@@]2(C)[C@H]([C@H](OC(=O)c3ccccc3)[C@]3(O)C[C@H](OC(=O)[C@H](O)[C@@H](NC(=O)c4ccccc4)c4ccccc4)C(C)=C1C3(C)C)[C@]1(OC(C)=O)CO[C@@H]1C[C@@H]2O.O=C(O)CCCC[C@@H]1CCSS1. The molecule has 3 aliphatic carbocycles. The van der Waals surface area contributed by atoms with Crippen LogP contribution in [0.1, 0.15) is 119 Å². The molecular weight excluding hydrogens is 995 g/mol. The Morgan fingerprint density at radius 3 is 2.03 bits per heavy atom. The predicted octanol–water partition coefficient (Wildman–Crippen LogP) is 6.52. The van der Waals surface area contributed by atoms with Gasteiger partial charge in [0.25, 0.3) is 5.91 Å². The number of hydrogen-bond donors (Lipinski definition) is 5. The van der Waals surface area contributed by atoms with Crippen LogP contribution in [-0.2, 0) is 47.7 Å². The van der Waals surface area contributed by atoms with Gasteiger partial charge >= 0.3 is 29.8 Å². The van der Waals surface area contributed by atoms with E-state index in [0.29, 0.717) is 12.0 Å². The molecule has 2 saturated carbocycles. The fourth-order valence-corrected chi connectivity index (χ4v) is 14.4. The molecule has 0 aromatic heterocycles. The molecule has 3 aromatic carbocycles. The molecule has 1 amide bonds. The van der Waals surface area contributed by atoms with Crippen molar-refractivity contribution in [3.05, 3.63) is 119 Å². The van der Waals surface area contributed by atoms with Crippen molar-refractivity contribution in [2.24, 2.45) is 16.7 Å². The summed E-state index contributed by atoms with van der Waals surface area (Å²) in [5.41, 5.74) is -7.02. The van der Waals surface area contributed by atoms with Crippen molar-refractivity contribution >= 4 is 63.1 Å². The second kappa shape index (κ2) is 23.1. The lowest BCUT2D eigenvalue weighted by Crippen LogP contribution is -2.82. The second-order valence-electron chi connectivity index (χ2n) is 20.3. The summed E-state index contributed by atoms with van der Waals surface area (Å²) in [6, 6.07) is 22.9. The summed E-state index contributed by atoms with van der Waals surface area (Å²) >= 11 is 0. The van der Waals surface area contributed by atoms with Gasteiger partial charge in [0.2, 0.25) is 0 Å². The first-order valence-electron chi connectivity index (χ1n) is 24.8. The number of carboxylic acids is 1. The smallest absolute Gasteiger partial charge is 0.338 e. The van der Waals surface area contributed by atoms with E-state index in [2.05, 4.69) is 5.32 Å². The van der Waals surface area contributed by atoms with Crippen LogP contribution in [0.15, 0.2) is 102 Å². The molecule has 2 bridgehead atoms. The summed E-state index contributed by atoms with van der Waals surface area (Å²) < 4.78 is 30.3. The van der Waals surface area contributed by atoms with Crippen molar-refractivity contribution in [3.8, 4) is 0 Å². The van der Waals surface area contributed by atoms with Crippen LogP contribution < -0.4 is 5.32 Å². The van der Waals surface area contributed by atoms with E-state index in [0.717, 1.165) is 31.9 Å². The van der Waals surface area contributed by atoms with Crippen LogP contribution >= 0.6 is 21.6 Å². The lowest BCUT2D eigenvalue weighted by molar-refractivity contribution is -0.346. The van der Waals surface area contributed by atoms with Gasteiger partial charge in [0, 0.05) is 55.1 Å². The molecule has 0 spiro atoms. The number of ketones is 1. The molecule has 398 valence electrons. The highest BCUT2D eigenvalue weighted by Crippen LogP contribution is 2.64. The molecule has 19 heteroatoms. The number of carbonyl (C=O) groups excluding carboxylic acids is 6. The van der Waals surface area contributed by atoms with E-state index >= 15 is 4.79 Å². The van der Waals surface area contributed by atoms with Crippen LogP contribution in [0.3, 0.4) is 0 Å². The third-order valence-electron chi connectivity index (χ3n) is 15.4. The largest absolute Gasteiger partial charge is 0.481 e. The number of carbonyl (C=O) groups is 7. The van der Waals surface area contributed by atoms with E-state index in [1.54, 1.807) is 92.7 Å². The van der Waals surface area contributed by atoms with E-state index in [9.17, 15) is 44.1 Å². The van der Waals surface area contributed by atoms with Crippen LogP contribution in [0.25, 0.3) is 0 Å². The van der Waals surface area contributed by atoms with Crippen molar-refractivity contribution < 1.29 is 77.7 Å². The normalized spacial score (nSPS) is 30.4. The van der Waals surface area contributed by atoms with Gasteiger partial charge in [0.1, 0.15) is 23.9 Å². The standard InChI is InChI=1S/C47H51NO14.C8H14O2S2/c1-25-31(60-43(56)36(52)35(28-16-10-7-11-17-28)48-41(54)29-18-12-8-13-19-29)23-47(57)40(61-42(55)30-20-14-9-15-21-30)38-45(6,32(51)22-33-46(38,24-58-33)62-27(3)50)39(53)37(59-26(2)49)34(25)44(47,4)5;9-8(10)4-2-1-3-7-5-6-11-12-7/h7-21,31-33,35-38,40,51-52,57H,22-24H2,1-6H3,(H,48,54);7H,1-6H2,(H,9,10)/t31-,32-,33+,35-,36+,37+,38-,40-,45+,46-,47+;7-/m01/s1. The maximum Gasteiger partial charge on any atom is 0.338 e. The average molecular weight is 1060 g/mol. The molecule has 74 heavy (non-hydrogen) atoms. The highest BCUT2D eigenvalue weighted by Gasteiger charge is 2.78. The zero-order chi connectivity index (χ0) is 53.8. The average Bonchev–Trinajstić information content (AvgIpc) is 3.89. The summed E-state index contributed by atoms with van der Waals surface area (Å²) in [6.45, 7) is 7.97. The Morgan fingerprint density at radius 1 is 0.851 bits per heavy atom. The van der Waals surface area contributed by atoms with Crippen molar-refractivity contribution in [2.45, 2.75) is 146 Å². The summed E-state index contributed by atoms with van der Waals surface area (Å²) in [7, 11) is 3.92. The monoisotopic (exact) mass is 1060 g/mol. The lowest BCUT2D eigenvalue weighted by atomic mass is 9.44.